The van der Waals surface area contributed by atoms with E-state index in [-0.39, 0.29) is 0 Å². The van der Waals surface area contributed by atoms with Crippen molar-refractivity contribution in [2.45, 2.75) is 6.92 Å². The summed E-state index contributed by atoms with van der Waals surface area (Å²) in [6.45, 7) is 2.01. The molecular weight excluding hydrogens is 256 g/mol. The summed E-state index contributed by atoms with van der Waals surface area (Å²) in [6, 6.07) is 12.6. The molecule has 0 radical (unpaired) electrons. The Kier molecular flexibility index (Phi) is 4.25. The first kappa shape index (κ1) is 13.9. The van der Waals surface area contributed by atoms with Crippen molar-refractivity contribution in [1.82, 2.24) is 0 Å². The molecule has 0 spiro atoms. The van der Waals surface area contributed by atoms with Crippen molar-refractivity contribution in [3.8, 4) is 17.2 Å². The van der Waals surface area contributed by atoms with Gasteiger partial charge in [-0.25, -0.2) is 4.79 Å². The van der Waals surface area contributed by atoms with Gasteiger partial charge >= 0.3 is 5.97 Å². The molecule has 0 amide bonds. The number of carbonyl (C=O) groups is 1. The van der Waals surface area contributed by atoms with Crippen LogP contribution in [0, 0.1) is 6.92 Å². The van der Waals surface area contributed by atoms with Crippen LogP contribution in [0.4, 0.5) is 0 Å². The normalized spacial score (nSPS) is 9.95. The molecule has 2 aromatic rings. The summed E-state index contributed by atoms with van der Waals surface area (Å²) < 4.78 is 15.7. The zero-order valence-corrected chi connectivity index (χ0v) is 11.7. The first-order valence-electron chi connectivity index (χ1n) is 6.15. The number of hydrogen-bond donors (Lipinski definition) is 0. The van der Waals surface area contributed by atoms with Gasteiger partial charge in [0.2, 0.25) is 0 Å². The summed E-state index contributed by atoms with van der Waals surface area (Å²) >= 11 is 0. The van der Waals surface area contributed by atoms with Crippen LogP contribution >= 0.6 is 0 Å². The predicted molar refractivity (Wildman–Crippen MR) is 75.6 cm³/mol. The minimum atomic E-state index is -0.412. The van der Waals surface area contributed by atoms with Crippen molar-refractivity contribution in [1.29, 1.82) is 0 Å². The van der Waals surface area contributed by atoms with Gasteiger partial charge in [0, 0.05) is 0 Å². The summed E-state index contributed by atoms with van der Waals surface area (Å²) in [4.78, 5) is 11.5. The second-order valence-corrected chi connectivity index (χ2v) is 4.27. The minimum Gasteiger partial charge on any atom is -0.493 e. The number of carbonyl (C=O) groups excluding carboxylic acids is 1. The molecule has 2 aromatic carbocycles. The quantitative estimate of drug-likeness (QED) is 0.798. The third-order valence-corrected chi connectivity index (χ3v) is 2.83. The highest BCUT2D eigenvalue weighted by Crippen LogP contribution is 2.32. The van der Waals surface area contributed by atoms with Crippen LogP contribution in [-0.2, 0) is 4.74 Å². The molecule has 2 rings (SSSR count). The zero-order valence-electron chi connectivity index (χ0n) is 11.7. The average Bonchev–Trinajstić information content (AvgIpc) is 2.49. The van der Waals surface area contributed by atoms with E-state index in [9.17, 15) is 4.79 Å². The minimum absolute atomic E-state index is 0.412. The lowest BCUT2D eigenvalue weighted by Crippen LogP contribution is -2.02. The number of hydrogen-bond acceptors (Lipinski definition) is 4. The van der Waals surface area contributed by atoms with Gasteiger partial charge in [0.15, 0.2) is 11.5 Å². The van der Waals surface area contributed by atoms with Gasteiger partial charge in [0.05, 0.1) is 19.8 Å². The van der Waals surface area contributed by atoms with Crippen molar-refractivity contribution < 1.29 is 19.0 Å². The highest BCUT2D eigenvalue weighted by Gasteiger charge is 2.11. The number of methoxy groups -OCH3 is 2. The van der Waals surface area contributed by atoms with Crippen LogP contribution in [0.2, 0.25) is 0 Å². The van der Waals surface area contributed by atoms with E-state index in [1.165, 1.54) is 14.2 Å². The Morgan fingerprint density at radius 1 is 0.950 bits per heavy atom. The van der Waals surface area contributed by atoms with Crippen LogP contribution in [0.25, 0.3) is 0 Å². The van der Waals surface area contributed by atoms with Crippen molar-refractivity contribution >= 4 is 5.97 Å². The monoisotopic (exact) mass is 272 g/mol. The van der Waals surface area contributed by atoms with Crippen molar-refractivity contribution in [3.63, 3.8) is 0 Å². The van der Waals surface area contributed by atoms with Crippen molar-refractivity contribution in [2.24, 2.45) is 0 Å². The number of ether oxygens (including phenoxy) is 3. The summed E-state index contributed by atoms with van der Waals surface area (Å²) in [7, 11) is 2.86. The Morgan fingerprint density at radius 3 is 2.25 bits per heavy atom. The van der Waals surface area contributed by atoms with Crippen LogP contribution in [0.5, 0.6) is 17.2 Å². The fourth-order valence-corrected chi connectivity index (χ4v) is 1.73. The van der Waals surface area contributed by atoms with E-state index in [1.807, 2.05) is 31.2 Å². The van der Waals surface area contributed by atoms with Gasteiger partial charge in [-0.2, -0.15) is 0 Å². The molecule has 4 heteroatoms. The molecule has 0 atom stereocenters. The third kappa shape index (κ3) is 3.09. The predicted octanol–water partition coefficient (Wildman–Crippen LogP) is 3.58. The average molecular weight is 272 g/mol. The van der Waals surface area contributed by atoms with E-state index in [2.05, 4.69) is 4.74 Å². The second kappa shape index (κ2) is 6.10. The maximum Gasteiger partial charge on any atom is 0.337 e. The van der Waals surface area contributed by atoms with Gasteiger partial charge in [-0.15, -0.1) is 0 Å². The largest absolute Gasteiger partial charge is 0.493 e. The van der Waals surface area contributed by atoms with Crippen LogP contribution in [-0.4, -0.2) is 20.2 Å². The maximum atomic E-state index is 11.5. The van der Waals surface area contributed by atoms with Crippen LogP contribution in [0.3, 0.4) is 0 Å². The van der Waals surface area contributed by atoms with Gasteiger partial charge in [-0.1, -0.05) is 17.7 Å². The fraction of sp³-hybridized carbons (Fsp3) is 0.188. The van der Waals surface area contributed by atoms with Gasteiger partial charge in [0.1, 0.15) is 5.75 Å². The molecule has 20 heavy (non-hydrogen) atoms. The molecule has 4 nitrogen and oxygen atoms in total. The smallest absolute Gasteiger partial charge is 0.337 e. The molecule has 104 valence electrons. The SMILES string of the molecule is COC(=O)c1ccc(Oc2ccc(C)cc2)c(OC)c1. The first-order chi connectivity index (χ1) is 9.63. The summed E-state index contributed by atoms with van der Waals surface area (Å²) in [6.07, 6.45) is 0. The lowest BCUT2D eigenvalue weighted by Gasteiger charge is -2.11. The number of rotatable bonds is 4. The van der Waals surface area contributed by atoms with Gasteiger partial charge in [0.25, 0.3) is 0 Å². The standard InChI is InChI=1S/C16H16O4/c1-11-4-7-13(8-5-11)20-14-9-6-12(16(17)19-3)10-15(14)18-2/h4-10H,1-3H3. The highest BCUT2D eigenvalue weighted by molar-refractivity contribution is 5.90. The van der Waals surface area contributed by atoms with Crippen LogP contribution < -0.4 is 9.47 Å². The lowest BCUT2D eigenvalue weighted by molar-refractivity contribution is 0.0600. The lowest BCUT2D eigenvalue weighted by atomic mass is 10.2. The van der Waals surface area contributed by atoms with E-state index in [0.717, 1.165) is 5.56 Å². The molecule has 0 aliphatic rings. The molecule has 0 unspecified atom stereocenters. The van der Waals surface area contributed by atoms with E-state index in [4.69, 9.17) is 9.47 Å². The van der Waals surface area contributed by atoms with E-state index in [1.54, 1.807) is 18.2 Å². The van der Waals surface area contributed by atoms with Gasteiger partial charge in [-0.3, -0.25) is 0 Å². The molecule has 0 heterocycles. The van der Waals surface area contributed by atoms with Crippen LogP contribution in [0.1, 0.15) is 15.9 Å². The molecule has 0 bridgehead atoms. The molecule has 0 aliphatic carbocycles. The summed E-state index contributed by atoms with van der Waals surface area (Å²) in [5.74, 6) is 1.32. The van der Waals surface area contributed by atoms with Crippen molar-refractivity contribution in [3.05, 3.63) is 53.6 Å². The molecule has 0 N–H and O–H groups in total. The number of aryl methyl sites for hydroxylation is 1. The number of esters is 1. The van der Waals surface area contributed by atoms with Crippen molar-refractivity contribution in [2.75, 3.05) is 14.2 Å². The Bertz CT molecular complexity index is 602. The summed E-state index contributed by atoms with van der Waals surface area (Å²) in [5, 5.41) is 0. The first-order valence-corrected chi connectivity index (χ1v) is 6.15. The van der Waals surface area contributed by atoms with Gasteiger partial charge in [-0.05, 0) is 37.3 Å². The van der Waals surface area contributed by atoms with Crippen LogP contribution in [0.15, 0.2) is 42.5 Å². The summed E-state index contributed by atoms with van der Waals surface area (Å²) in [5.41, 5.74) is 1.57. The number of benzene rings is 2. The fourth-order valence-electron chi connectivity index (χ4n) is 1.73. The molecule has 0 aliphatic heterocycles. The third-order valence-electron chi connectivity index (χ3n) is 2.83. The topological polar surface area (TPSA) is 44.8 Å². The Hall–Kier alpha value is -2.49. The molecule has 0 aromatic heterocycles. The molecular formula is C16H16O4. The molecule has 0 fully saturated rings. The zero-order chi connectivity index (χ0) is 14.5. The maximum absolute atomic E-state index is 11.5. The highest BCUT2D eigenvalue weighted by atomic mass is 16.5. The Morgan fingerprint density at radius 2 is 1.65 bits per heavy atom. The molecule has 0 saturated carbocycles. The van der Waals surface area contributed by atoms with E-state index in [0.29, 0.717) is 22.8 Å². The second-order valence-electron chi connectivity index (χ2n) is 4.27. The van der Waals surface area contributed by atoms with Gasteiger partial charge < -0.3 is 14.2 Å². The Balaban J connectivity index is 2.27. The van der Waals surface area contributed by atoms with E-state index >= 15 is 0 Å². The Labute approximate surface area is 117 Å². The van der Waals surface area contributed by atoms with E-state index < -0.39 is 5.97 Å². The molecule has 0 saturated heterocycles.